The van der Waals surface area contributed by atoms with E-state index in [-0.39, 0.29) is 24.8 Å². The van der Waals surface area contributed by atoms with E-state index < -0.39 is 0 Å². The zero-order valence-corrected chi connectivity index (χ0v) is 11.4. The van der Waals surface area contributed by atoms with Crippen molar-refractivity contribution in [3.8, 4) is 0 Å². The lowest BCUT2D eigenvalue weighted by Gasteiger charge is -2.62. The third-order valence-electron chi connectivity index (χ3n) is 5.17. The van der Waals surface area contributed by atoms with Gasteiger partial charge in [-0.3, -0.25) is 0 Å². The molecule has 4 N–H and O–H groups in total. The fourth-order valence-corrected chi connectivity index (χ4v) is 5.13. The molecule has 0 amide bonds. The summed E-state index contributed by atoms with van der Waals surface area (Å²) in [5.41, 5.74) is 13.0. The summed E-state index contributed by atoms with van der Waals surface area (Å²) in [7, 11) is 0. The van der Waals surface area contributed by atoms with E-state index in [1.165, 1.54) is 38.5 Å². The van der Waals surface area contributed by atoms with Crippen LogP contribution in [0.1, 0.15) is 38.5 Å². The van der Waals surface area contributed by atoms with E-state index >= 15 is 0 Å². The summed E-state index contributed by atoms with van der Waals surface area (Å²) >= 11 is 0. The highest BCUT2D eigenvalue weighted by Crippen LogP contribution is 2.64. The predicted molar refractivity (Wildman–Crippen MR) is 72.2 cm³/mol. The first-order valence-electron chi connectivity index (χ1n) is 6.09. The summed E-state index contributed by atoms with van der Waals surface area (Å²) in [6.07, 6.45) is 8.43. The Morgan fingerprint density at radius 2 is 1.19 bits per heavy atom. The quantitative estimate of drug-likeness (QED) is 0.806. The first-order chi connectivity index (χ1) is 6.69. The van der Waals surface area contributed by atoms with Crippen LogP contribution in [-0.2, 0) is 0 Å². The van der Waals surface area contributed by atoms with E-state index in [0.717, 1.165) is 24.9 Å². The van der Waals surface area contributed by atoms with E-state index in [1.807, 2.05) is 0 Å². The van der Waals surface area contributed by atoms with Crippen LogP contribution in [0, 0.1) is 22.7 Å². The van der Waals surface area contributed by atoms with Crippen molar-refractivity contribution >= 4 is 24.8 Å². The minimum absolute atomic E-state index is 0. The summed E-state index contributed by atoms with van der Waals surface area (Å²) in [6, 6.07) is 0. The van der Waals surface area contributed by atoms with Crippen LogP contribution < -0.4 is 11.5 Å². The van der Waals surface area contributed by atoms with Crippen molar-refractivity contribution in [1.29, 1.82) is 0 Å². The summed E-state index contributed by atoms with van der Waals surface area (Å²) in [5.74, 6) is 1.92. The van der Waals surface area contributed by atoms with Crippen molar-refractivity contribution < 1.29 is 0 Å². The second kappa shape index (κ2) is 4.64. The fraction of sp³-hybridized carbons (Fsp3) is 1.00. The van der Waals surface area contributed by atoms with Gasteiger partial charge in [0.1, 0.15) is 0 Å². The summed E-state index contributed by atoms with van der Waals surface area (Å²) in [4.78, 5) is 0. The second-order valence-corrected chi connectivity index (χ2v) is 6.37. The third kappa shape index (κ3) is 1.98. The van der Waals surface area contributed by atoms with Gasteiger partial charge in [-0.2, -0.15) is 0 Å². The smallest absolute Gasteiger partial charge is 0.00201 e. The van der Waals surface area contributed by atoms with Gasteiger partial charge in [0.05, 0.1) is 0 Å². The highest BCUT2D eigenvalue weighted by molar-refractivity contribution is 5.85. The lowest BCUT2D eigenvalue weighted by Crippen LogP contribution is -2.56. The first-order valence-corrected chi connectivity index (χ1v) is 6.09. The van der Waals surface area contributed by atoms with Gasteiger partial charge in [0, 0.05) is 0 Å². The molecule has 4 bridgehead atoms. The minimum Gasteiger partial charge on any atom is -0.330 e. The molecule has 0 radical (unpaired) electrons. The molecular weight excluding hydrogens is 243 g/mol. The summed E-state index contributed by atoms with van der Waals surface area (Å²) in [6.45, 7) is 1.81. The largest absolute Gasteiger partial charge is 0.330 e. The normalized spacial score (nSPS) is 48.4. The molecule has 16 heavy (non-hydrogen) atoms. The highest BCUT2D eigenvalue weighted by atomic mass is 35.5. The van der Waals surface area contributed by atoms with E-state index in [2.05, 4.69) is 0 Å². The topological polar surface area (TPSA) is 52.0 Å². The lowest BCUT2D eigenvalue weighted by atomic mass is 9.44. The van der Waals surface area contributed by atoms with Crippen LogP contribution >= 0.6 is 24.8 Å². The van der Waals surface area contributed by atoms with Crippen LogP contribution in [0.25, 0.3) is 0 Å². The molecular formula is C12H24Cl2N2. The molecule has 4 heteroatoms. The Kier molecular flexibility index (Phi) is 4.22. The molecule has 96 valence electrons. The van der Waals surface area contributed by atoms with Gasteiger partial charge in [-0.25, -0.2) is 0 Å². The molecule has 0 aromatic heterocycles. The van der Waals surface area contributed by atoms with E-state index in [9.17, 15) is 0 Å². The predicted octanol–water partition coefficient (Wildman–Crippen LogP) is 2.33. The Morgan fingerprint density at radius 1 is 0.812 bits per heavy atom. The Bertz CT molecular complexity index is 221. The SMILES string of the molecule is Cl.Cl.NCC12CC3CC(C1)CC(CN)(C3)C2. The standard InChI is InChI=1S/C12H22N2.2ClH/c13-7-11-2-9-1-10(4-11)5-12(3-9,6-11)8-14;;/h9-10H,1-8,13-14H2;2*1H. The Hall–Kier alpha value is 0.500. The van der Waals surface area contributed by atoms with Crippen LogP contribution in [0.2, 0.25) is 0 Å². The molecule has 4 aliphatic carbocycles. The Labute approximate surface area is 111 Å². The number of hydrogen-bond donors (Lipinski definition) is 2. The molecule has 4 fully saturated rings. The summed E-state index contributed by atoms with van der Waals surface area (Å²) < 4.78 is 0. The fourth-order valence-electron chi connectivity index (χ4n) is 5.13. The van der Waals surface area contributed by atoms with Crippen LogP contribution in [0.3, 0.4) is 0 Å². The molecule has 0 aromatic carbocycles. The average molecular weight is 267 g/mol. The Morgan fingerprint density at radius 3 is 1.50 bits per heavy atom. The molecule has 2 nitrogen and oxygen atoms in total. The van der Waals surface area contributed by atoms with Gasteiger partial charge >= 0.3 is 0 Å². The maximum Gasteiger partial charge on any atom is -0.00201 e. The van der Waals surface area contributed by atoms with E-state index in [0.29, 0.717) is 10.8 Å². The number of halogens is 2. The maximum absolute atomic E-state index is 6.00. The minimum atomic E-state index is 0. The van der Waals surface area contributed by atoms with Crippen LogP contribution in [0.4, 0.5) is 0 Å². The van der Waals surface area contributed by atoms with Crippen molar-refractivity contribution in [2.75, 3.05) is 13.1 Å². The molecule has 0 aromatic rings. The number of rotatable bonds is 2. The third-order valence-corrected chi connectivity index (χ3v) is 5.17. The molecule has 4 rings (SSSR count). The van der Waals surface area contributed by atoms with Crippen LogP contribution in [0.5, 0.6) is 0 Å². The van der Waals surface area contributed by atoms with Crippen molar-refractivity contribution in [3.05, 3.63) is 0 Å². The zero-order chi connectivity index (χ0) is 9.81. The van der Waals surface area contributed by atoms with E-state index in [1.54, 1.807) is 0 Å². The van der Waals surface area contributed by atoms with Crippen LogP contribution in [-0.4, -0.2) is 13.1 Å². The van der Waals surface area contributed by atoms with Gasteiger partial charge in [-0.1, -0.05) is 0 Å². The highest BCUT2D eigenvalue weighted by Gasteiger charge is 2.56. The molecule has 0 aliphatic heterocycles. The average Bonchev–Trinajstić information content (AvgIpc) is 2.16. The molecule has 0 heterocycles. The molecule has 0 spiro atoms. The lowest BCUT2D eigenvalue weighted by molar-refractivity contribution is -0.101. The van der Waals surface area contributed by atoms with Crippen LogP contribution in [0.15, 0.2) is 0 Å². The Balaban J connectivity index is 0.000000640. The van der Waals surface area contributed by atoms with Crippen molar-refractivity contribution in [2.45, 2.75) is 38.5 Å². The van der Waals surface area contributed by atoms with Gasteiger partial charge in [0.25, 0.3) is 0 Å². The van der Waals surface area contributed by atoms with Gasteiger partial charge in [0.2, 0.25) is 0 Å². The number of hydrogen-bond acceptors (Lipinski definition) is 2. The van der Waals surface area contributed by atoms with Crippen molar-refractivity contribution in [2.24, 2.45) is 34.1 Å². The molecule has 0 saturated heterocycles. The monoisotopic (exact) mass is 266 g/mol. The summed E-state index contributed by atoms with van der Waals surface area (Å²) in [5, 5.41) is 0. The van der Waals surface area contributed by atoms with Crippen molar-refractivity contribution in [1.82, 2.24) is 0 Å². The molecule has 4 saturated carbocycles. The second-order valence-electron chi connectivity index (χ2n) is 6.37. The van der Waals surface area contributed by atoms with Crippen molar-refractivity contribution in [3.63, 3.8) is 0 Å². The van der Waals surface area contributed by atoms with Gasteiger partial charge < -0.3 is 11.5 Å². The van der Waals surface area contributed by atoms with Gasteiger partial charge in [0.15, 0.2) is 0 Å². The maximum atomic E-state index is 6.00. The zero-order valence-electron chi connectivity index (χ0n) is 9.78. The molecule has 0 unspecified atom stereocenters. The molecule has 4 aliphatic rings. The molecule has 0 atom stereocenters. The van der Waals surface area contributed by atoms with Gasteiger partial charge in [-0.15, -0.1) is 24.8 Å². The number of nitrogens with two attached hydrogens (primary N) is 2. The van der Waals surface area contributed by atoms with E-state index in [4.69, 9.17) is 11.5 Å². The first kappa shape index (κ1) is 14.6. The van der Waals surface area contributed by atoms with Gasteiger partial charge in [-0.05, 0) is 74.3 Å².